The molecule has 2 saturated heterocycles. The number of hydroxylamine groups is 2. The summed E-state index contributed by atoms with van der Waals surface area (Å²) in [5, 5.41) is 10.5. The summed E-state index contributed by atoms with van der Waals surface area (Å²) < 4.78 is 0. The third-order valence-electron chi connectivity index (χ3n) is 4.85. The second-order valence-electron chi connectivity index (χ2n) is 6.84. The van der Waals surface area contributed by atoms with Gasteiger partial charge in [-0.25, -0.2) is 0 Å². The van der Waals surface area contributed by atoms with Gasteiger partial charge in [0.2, 0.25) is 17.7 Å². The van der Waals surface area contributed by atoms with Crippen molar-refractivity contribution < 1.29 is 19.6 Å². The molecule has 24 heavy (non-hydrogen) atoms. The van der Waals surface area contributed by atoms with Crippen LogP contribution in [0.2, 0.25) is 0 Å². The standard InChI is InChI=1S/C17H29N3O4/c1-14-13-16(22)20(17(14)23)8-6-4-2-3-5-7-15(21)18-9-11-19(24)12-10-18/h14,24H,2-13H2,1H3. The Hall–Kier alpha value is -1.47. The fraction of sp³-hybridized carbons (Fsp3) is 0.824. The summed E-state index contributed by atoms with van der Waals surface area (Å²) >= 11 is 0. The SMILES string of the molecule is CC1CC(=O)N(CCCCCCCC(=O)N2CCN(O)CC2)C1=O. The molecule has 0 aromatic heterocycles. The molecule has 0 aliphatic carbocycles. The largest absolute Gasteiger partial charge is 0.340 e. The van der Waals surface area contributed by atoms with Crippen molar-refractivity contribution >= 4 is 17.7 Å². The molecule has 1 unspecified atom stereocenters. The Morgan fingerprint density at radius 3 is 2.29 bits per heavy atom. The maximum Gasteiger partial charge on any atom is 0.232 e. The first-order valence-corrected chi connectivity index (χ1v) is 9.05. The summed E-state index contributed by atoms with van der Waals surface area (Å²) in [6, 6.07) is 0. The lowest BCUT2D eigenvalue weighted by Gasteiger charge is -2.31. The molecule has 3 amide bonds. The van der Waals surface area contributed by atoms with E-state index in [0.717, 1.165) is 32.1 Å². The summed E-state index contributed by atoms with van der Waals surface area (Å²) in [6.45, 7) is 4.60. The molecule has 2 aliphatic heterocycles. The molecular formula is C17H29N3O4. The molecule has 0 aromatic carbocycles. The highest BCUT2D eigenvalue weighted by atomic mass is 16.5. The second-order valence-corrected chi connectivity index (χ2v) is 6.84. The van der Waals surface area contributed by atoms with E-state index >= 15 is 0 Å². The van der Waals surface area contributed by atoms with E-state index in [-0.39, 0.29) is 23.6 Å². The van der Waals surface area contributed by atoms with E-state index in [1.54, 1.807) is 6.92 Å². The highest BCUT2D eigenvalue weighted by molar-refractivity contribution is 6.03. The molecule has 0 saturated carbocycles. The highest BCUT2D eigenvalue weighted by Crippen LogP contribution is 2.19. The van der Waals surface area contributed by atoms with Gasteiger partial charge in [0.25, 0.3) is 0 Å². The van der Waals surface area contributed by atoms with Crippen LogP contribution < -0.4 is 0 Å². The predicted octanol–water partition coefficient (Wildman–Crippen LogP) is 1.26. The summed E-state index contributed by atoms with van der Waals surface area (Å²) in [5.41, 5.74) is 0. The van der Waals surface area contributed by atoms with Crippen molar-refractivity contribution in [1.29, 1.82) is 0 Å². The molecule has 1 atom stereocenters. The van der Waals surface area contributed by atoms with Crippen molar-refractivity contribution in [3.8, 4) is 0 Å². The Morgan fingerprint density at radius 1 is 1.04 bits per heavy atom. The van der Waals surface area contributed by atoms with Crippen LogP contribution in [-0.4, -0.2) is 70.5 Å². The quantitative estimate of drug-likeness (QED) is 0.532. The van der Waals surface area contributed by atoms with Gasteiger partial charge in [-0.2, -0.15) is 5.06 Å². The van der Waals surface area contributed by atoms with Crippen LogP contribution in [0.4, 0.5) is 0 Å². The van der Waals surface area contributed by atoms with Crippen molar-refractivity contribution in [1.82, 2.24) is 14.9 Å². The third-order valence-corrected chi connectivity index (χ3v) is 4.85. The molecule has 0 aromatic rings. The normalized spacial score (nSPS) is 22.5. The maximum absolute atomic E-state index is 12.0. The zero-order valence-corrected chi connectivity index (χ0v) is 14.6. The molecule has 136 valence electrons. The van der Waals surface area contributed by atoms with Crippen LogP contribution in [0.15, 0.2) is 0 Å². The van der Waals surface area contributed by atoms with E-state index < -0.39 is 0 Å². The van der Waals surface area contributed by atoms with Gasteiger partial charge >= 0.3 is 0 Å². The molecule has 2 fully saturated rings. The zero-order valence-electron chi connectivity index (χ0n) is 14.6. The van der Waals surface area contributed by atoms with E-state index in [0.29, 0.717) is 45.6 Å². The lowest BCUT2D eigenvalue weighted by Crippen LogP contribution is -2.47. The lowest BCUT2D eigenvalue weighted by molar-refractivity contribution is -0.146. The van der Waals surface area contributed by atoms with Crippen LogP contribution in [0.5, 0.6) is 0 Å². The summed E-state index contributed by atoms with van der Waals surface area (Å²) in [4.78, 5) is 38.7. The number of unbranched alkanes of at least 4 members (excludes halogenated alkanes) is 4. The number of carbonyl (C=O) groups is 3. The summed E-state index contributed by atoms with van der Waals surface area (Å²) in [5.74, 6) is -0.0591. The zero-order chi connectivity index (χ0) is 17.5. The Morgan fingerprint density at radius 2 is 1.67 bits per heavy atom. The summed E-state index contributed by atoms with van der Waals surface area (Å²) in [6.07, 6.45) is 5.61. The number of hydrogen-bond donors (Lipinski definition) is 1. The molecule has 0 bridgehead atoms. The van der Waals surface area contributed by atoms with Gasteiger partial charge in [0.1, 0.15) is 0 Å². The summed E-state index contributed by atoms with van der Waals surface area (Å²) in [7, 11) is 0. The average Bonchev–Trinajstić information content (AvgIpc) is 2.80. The molecule has 2 rings (SSSR count). The lowest BCUT2D eigenvalue weighted by atomic mass is 10.1. The van der Waals surface area contributed by atoms with Gasteiger partial charge in [-0.1, -0.05) is 26.2 Å². The Labute approximate surface area is 143 Å². The number of carbonyl (C=O) groups excluding carboxylic acids is 3. The number of likely N-dealkylation sites (tertiary alicyclic amines) is 1. The fourth-order valence-corrected chi connectivity index (χ4v) is 3.26. The first-order chi connectivity index (χ1) is 11.5. The van der Waals surface area contributed by atoms with Gasteiger partial charge in [-0.05, 0) is 12.8 Å². The highest BCUT2D eigenvalue weighted by Gasteiger charge is 2.34. The molecule has 0 spiro atoms. The van der Waals surface area contributed by atoms with Gasteiger partial charge in [-0.3, -0.25) is 19.3 Å². The molecule has 7 heteroatoms. The molecule has 1 N–H and O–H groups in total. The van der Waals surface area contributed by atoms with Crippen LogP contribution in [0, 0.1) is 5.92 Å². The number of nitrogens with zero attached hydrogens (tertiary/aromatic N) is 3. The Bertz CT molecular complexity index is 461. The van der Waals surface area contributed by atoms with Crippen molar-refractivity contribution in [2.75, 3.05) is 32.7 Å². The smallest absolute Gasteiger partial charge is 0.232 e. The number of hydrogen-bond acceptors (Lipinski definition) is 5. The van der Waals surface area contributed by atoms with E-state index in [4.69, 9.17) is 0 Å². The first kappa shape index (κ1) is 18.9. The van der Waals surface area contributed by atoms with E-state index in [2.05, 4.69) is 0 Å². The number of rotatable bonds is 8. The number of amides is 3. The monoisotopic (exact) mass is 339 g/mol. The van der Waals surface area contributed by atoms with Crippen molar-refractivity contribution in [2.45, 2.75) is 51.9 Å². The van der Waals surface area contributed by atoms with Crippen LogP contribution in [-0.2, 0) is 14.4 Å². The topological polar surface area (TPSA) is 81.2 Å². The van der Waals surface area contributed by atoms with Gasteiger partial charge in [0.15, 0.2) is 0 Å². The van der Waals surface area contributed by atoms with Crippen LogP contribution in [0.1, 0.15) is 51.9 Å². The number of piperazine rings is 1. The van der Waals surface area contributed by atoms with Gasteiger partial charge in [0.05, 0.1) is 0 Å². The van der Waals surface area contributed by atoms with Crippen LogP contribution in [0.3, 0.4) is 0 Å². The minimum atomic E-state index is -0.156. The van der Waals surface area contributed by atoms with E-state index in [1.165, 1.54) is 9.96 Å². The van der Waals surface area contributed by atoms with Crippen molar-refractivity contribution in [3.63, 3.8) is 0 Å². The van der Waals surface area contributed by atoms with Gasteiger partial charge in [0, 0.05) is 51.5 Å². The van der Waals surface area contributed by atoms with Crippen molar-refractivity contribution in [2.24, 2.45) is 5.92 Å². The van der Waals surface area contributed by atoms with Gasteiger partial charge in [-0.15, -0.1) is 0 Å². The second kappa shape index (κ2) is 9.13. The van der Waals surface area contributed by atoms with Crippen LogP contribution >= 0.6 is 0 Å². The molecule has 7 nitrogen and oxygen atoms in total. The van der Waals surface area contributed by atoms with E-state index in [1.807, 2.05) is 4.90 Å². The molecule has 0 radical (unpaired) electrons. The fourth-order valence-electron chi connectivity index (χ4n) is 3.26. The van der Waals surface area contributed by atoms with Crippen molar-refractivity contribution in [3.05, 3.63) is 0 Å². The first-order valence-electron chi connectivity index (χ1n) is 9.05. The molecule has 2 aliphatic rings. The Balaban J connectivity index is 1.49. The van der Waals surface area contributed by atoms with Gasteiger partial charge < -0.3 is 10.1 Å². The predicted molar refractivity (Wildman–Crippen MR) is 88.1 cm³/mol. The van der Waals surface area contributed by atoms with Crippen LogP contribution in [0.25, 0.3) is 0 Å². The molecular weight excluding hydrogens is 310 g/mol. The molecule has 2 heterocycles. The average molecular weight is 339 g/mol. The third kappa shape index (κ3) is 5.27. The number of imide groups is 1. The minimum absolute atomic E-state index is 0.0337. The van der Waals surface area contributed by atoms with E-state index in [9.17, 15) is 19.6 Å². The maximum atomic E-state index is 12.0. The Kier molecular flexibility index (Phi) is 7.17. The minimum Gasteiger partial charge on any atom is -0.340 e.